The van der Waals surface area contributed by atoms with E-state index in [1.165, 1.54) is 12.8 Å². The number of aromatic nitrogens is 2. The number of fused-ring (bicyclic) bond motifs is 2. The first-order valence-electron chi connectivity index (χ1n) is 12.2. The SMILES string of the molecule is Cc1ccc(-c2cc(S(=O)(=O)NCC3CCC4CC3C4(C)C)nnc2-c2ccc(C)cc2)cc1. The molecular formula is C28H33N3O2S. The lowest BCUT2D eigenvalue weighted by atomic mass is 9.45. The van der Waals surface area contributed by atoms with Gasteiger partial charge >= 0.3 is 0 Å². The Kier molecular flexibility index (Phi) is 5.85. The number of benzene rings is 2. The van der Waals surface area contributed by atoms with Crippen molar-refractivity contribution in [3.05, 3.63) is 65.7 Å². The fourth-order valence-corrected chi connectivity index (χ4v) is 6.88. The number of hydrogen-bond acceptors (Lipinski definition) is 4. The zero-order valence-corrected chi connectivity index (χ0v) is 21.2. The van der Waals surface area contributed by atoms with Gasteiger partial charge in [0, 0.05) is 17.7 Å². The summed E-state index contributed by atoms with van der Waals surface area (Å²) in [6, 6.07) is 17.8. The van der Waals surface area contributed by atoms with Gasteiger partial charge in [-0.05, 0) is 67.9 Å². The molecule has 0 amide bonds. The minimum atomic E-state index is -3.77. The zero-order valence-electron chi connectivity index (χ0n) is 20.4. The molecule has 178 valence electrons. The molecule has 3 fully saturated rings. The summed E-state index contributed by atoms with van der Waals surface area (Å²) in [5, 5.41) is 8.56. The fourth-order valence-electron chi connectivity index (χ4n) is 5.88. The van der Waals surface area contributed by atoms with Crippen LogP contribution < -0.4 is 4.72 Å². The molecule has 6 rings (SSSR count). The third-order valence-corrected chi connectivity index (χ3v) is 9.57. The smallest absolute Gasteiger partial charge is 0.209 e. The highest BCUT2D eigenvalue weighted by Gasteiger charge is 2.54. The molecule has 3 saturated carbocycles. The van der Waals surface area contributed by atoms with E-state index in [0.29, 0.717) is 29.5 Å². The Hall–Kier alpha value is -2.57. The molecule has 0 radical (unpaired) electrons. The molecule has 0 aliphatic heterocycles. The second-order valence-corrected chi connectivity index (χ2v) is 12.4. The first-order valence-corrected chi connectivity index (χ1v) is 13.6. The molecule has 6 heteroatoms. The Morgan fingerprint density at radius 2 is 1.53 bits per heavy atom. The van der Waals surface area contributed by atoms with Crippen LogP contribution in [0.15, 0.2) is 59.6 Å². The van der Waals surface area contributed by atoms with Crippen LogP contribution in [0.4, 0.5) is 0 Å². The van der Waals surface area contributed by atoms with Crippen LogP contribution in [-0.2, 0) is 10.0 Å². The second kappa shape index (κ2) is 8.58. The number of nitrogens with one attached hydrogen (secondary N) is 1. The van der Waals surface area contributed by atoms with Gasteiger partial charge < -0.3 is 0 Å². The highest BCUT2D eigenvalue weighted by molar-refractivity contribution is 7.89. The van der Waals surface area contributed by atoms with Crippen molar-refractivity contribution in [2.75, 3.05) is 6.54 Å². The minimum absolute atomic E-state index is 0.0273. The largest absolute Gasteiger partial charge is 0.259 e. The third-order valence-electron chi connectivity index (χ3n) is 8.27. The molecule has 1 aromatic heterocycles. The predicted octanol–water partition coefficient (Wildman–Crippen LogP) is 5.78. The molecule has 1 heterocycles. The van der Waals surface area contributed by atoms with Crippen LogP contribution in [0.5, 0.6) is 0 Å². The molecule has 34 heavy (non-hydrogen) atoms. The van der Waals surface area contributed by atoms with Crippen molar-refractivity contribution in [1.82, 2.24) is 14.9 Å². The number of sulfonamides is 1. The van der Waals surface area contributed by atoms with Gasteiger partial charge in [0.25, 0.3) is 10.0 Å². The van der Waals surface area contributed by atoms with Crippen molar-refractivity contribution in [2.45, 2.75) is 52.0 Å². The minimum Gasteiger partial charge on any atom is -0.209 e. The summed E-state index contributed by atoms with van der Waals surface area (Å²) < 4.78 is 29.4. The van der Waals surface area contributed by atoms with Crippen molar-refractivity contribution in [3.8, 4) is 22.4 Å². The van der Waals surface area contributed by atoms with Gasteiger partial charge in [-0.3, -0.25) is 0 Å². The van der Waals surface area contributed by atoms with E-state index in [-0.39, 0.29) is 5.03 Å². The summed E-state index contributed by atoms with van der Waals surface area (Å²) >= 11 is 0. The normalized spacial score (nSPS) is 23.4. The quantitative estimate of drug-likeness (QED) is 0.491. The molecule has 1 N–H and O–H groups in total. The van der Waals surface area contributed by atoms with Crippen LogP contribution in [0.25, 0.3) is 22.4 Å². The standard InChI is InChI=1S/C28H33N3O2S/c1-18-5-9-20(10-6-18)24-16-26(30-31-27(24)21-11-7-19(2)8-12-21)34(32,33)29-17-22-13-14-23-15-25(22)28(23,3)4/h5-12,16,22-23,25,29H,13-15,17H2,1-4H3. The van der Waals surface area contributed by atoms with E-state index >= 15 is 0 Å². The number of rotatable bonds is 6. The maximum Gasteiger partial charge on any atom is 0.259 e. The summed E-state index contributed by atoms with van der Waals surface area (Å²) in [6.45, 7) is 9.19. The first-order chi connectivity index (χ1) is 16.1. The van der Waals surface area contributed by atoms with Crippen LogP contribution in [0.2, 0.25) is 0 Å². The summed E-state index contributed by atoms with van der Waals surface area (Å²) in [7, 11) is -3.77. The predicted molar refractivity (Wildman–Crippen MR) is 136 cm³/mol. The second-order valence-electron chi connectivity index (χ2n) is 10.7. The number of hydrogen-bond donors (Lipinski definition) is 1. The van der Waals surface area contributed by atoms with E-state index in [1.807, 2.05) is 62.4 Å². The Morgan fingerprint density at radius 3 is 2.12 bits per heavy atom. The van der Waals surface area contributed by atoms with Crippen molar-refractivity contribution in [3.63, 3.8) is 0 Å². The highest BCUT2D eigenvalue weighted by atomic mass is 32.2. The molecule has 5 nitrogen and oxygen atoms in total. The van der Waals surface area contributed by atoms with Gasteiger partial charge in [0.2, 0.25) is 0 Å². The third kappa shape index (κ3) is 4.18. The average molecular weight is 476 g/mol. The lowest BCUT2D eigenvalue weighted by Crippen LogP contribution is -2.54. The van der Waals surface area contributed by atoms with Crippen LogP contribution >= 0.6 is 0 Å². The van der Waals surface area contributed by atoms with E-state index < -0.39 is 10.0 Å². The Balaban J connectivity index is 1.46. The van der Waals surface area contributed by atoms with Crippen LogP contribution in [0.1, 0.15) is 44.2 Å². The lowest BCUT2D eigenvalue weighted by Gasteiger charge is -2.60. The molecule has 0 spiro atoms. The van der Waals surface area contributed by atoms with Crippen molar-refractivity contribution in [1.29, 1.82) is 0 Å². The van der Waals surface area contributed by atoms with Gasteiger partial charge in [-0.15, -0.1) is 10.2 Å². The molecule has 3 unspecified atom stereocenters. The lowest BCUT2D eigenvalue weighted by molar-refractivity contribution is -0.102. The van der Waals surface area contributed by atoms with E-state index in [9.17, 15) is 8.42 Å². The maximum absolute atomic E-state index is 13.3. The molecular weight excluding hydrogens is 442 g/mol. The van der Waals surface area contributed by atoms with Crippen molar-refractivity contribution in [2.24, 2.45) is 23.2 Å². The van der Waals surface area contributed by atoms with Crippen LogP contribution in [-0.4, -0.2) is 25.2 Å². The summed E-state index contributed by atoms with van der Waals surface area (Å²) in [5.41, 5.74) is 5.89. The molecule has 3 aliphatic carbocycles. The van der Waals surface area contributed by atoms with E-state index in [1.54, 1.807) is 6.07 Å². The maximum atomic E-state index is 13.3. The van der Waals surface area contributed by atoms with Crippen LogP contribution in [0, 0.1) is 37.0 Å². The summed E-state index contributed by atoms with van der Waals surface area (Å²) in [4.78, 5) is 0. The Labute approximate surface area is 203 Å². The van der Waals surface area contributed by atoms with Gasteiger partial charge in [-0.25, -0.2) is 13.1 Å². The molecule has 3 aliphatic rings. The van der Waals surface area contributed by atoms with E-state index in [4.69, 9.17) is 0 Å². The van der Waals surface area contributed by atoms with E-state index in [2.05, 4.69) is 28.8 Å². The van der Waals surface area contributed by atoms with Crippen molar-refractivity contribution >= 4 is 10.0 Å². The van der Waals surface area contributed by atoms with Gasteiger partial charge in [0.15, 0.2) is 5.03 Å². The molecule has 3 aromatic rings. The zero-order chi connectivity index (χ0) is 24.1. The van der Waals surface area contributed by atoms with Gasteiger partial charge in [0.05, 0.1) is 0 Å². The van der Waals surface area contributed by atoms with Crippen molar-refractivity contribution < 1.29 is 8.42 Å². The average Bonchev–Trinajstić information content (AvgIpc) is 2.83. The highest BCUT2D eigenvalue weighted by Crippen LogP contribution is 2.61. The Bertz CT molecular complexity index is 1300. The topological polar surface area (TPSA) is 72.0 Å². The van der Waals surface area contributed by atoms with Gasteiger partial charge in [-0.2, -0.15) is 0 Å². The van der Waals surface area contributed by atoms with E-state index in [0.717, 1.165) is 40.2 Å². The first kappa shape index (κ1) is 23.2. The van der Waals surface area contributed by atoms with Gasteiger partial charge in [0.1, 0.15) is 5.69 Å². The molecule has 3 atom stereocenters. The van der Waals surface area contributed by atoms with Gasteiger partial charge in [-0.1, -0.05) is 73.5 Å². The molecule has 2 bridgehead atoms. The monoisotopic (exact) mass is 475 g/mol. The summed E-state index contributed by atoms with van der Waals surface area (Å²) in [6.07, 6.45) is 3.51. The number of aryl methyl sites for hydroxylation is 2. The fraction of sp³-hybridized carbons (Fsp3) is 0.429. The molecule has 2 aromatic carbocycles. The molecule has 0 saturated heterocycles. The number of nitrogens with zero attached hydrogens (tertiary/aromatic N) is 2. The van der Waals surface area contributed by atoms with Crippen LogP contribution in [0.3, 0.4) is 0 Å². The Morgan fingerprint density at radius 1 is 0.912 bits per heavy atom. The summed E-state index contributed by atoms with van der Waals surface area (Å²) in [5.74, 6) is 1.76.